The van der Waals surface area contributed by atoms with Crippen molar-refractivity contribution in [2.45, 2.75) is 24.4 Å². The quantitative estimate of drug-likeness (QED) is 0.782. The molecule has 0 spiro atoms. The molecule has 17 heavy (non-hydrogen) atoms. The molecule has 1 aromatic heterocycles. The topological polar surface area (TPSA) is 87.9 Å². The Morgan fingerprint density at radius 3 is 3.12 bits per heavy atom. The number of hydrogen-bond donors (Lipinski definition) is 2. The summed E-state index contributed by atoms with van der Waals surface area (Å²) >= 11 is 1.28. The molecule has 3 N–H and O–H groups in total. The number of nitrogen functional groups attached to an aromatic ring is 1. The highest BCUT2D eigenvalue weighted by Crippen LogP contribution is 2.21. The molecule has 0 fully saturated rings. The lowest BCUT2D eigenvalue weighted by Gasteiger charge is -2.17. The molecule has 1 heterocycles. The molecule has 7 heteroatoms. The summed E-state index contributed by atoms with van der Waals surface area (Å²) in [6, 6.07) is 0. The van der Waals surface area contributed by atoms with Gasteiger partial charge in [0.05, 0.1) is 5.75 Å². The molecule has 0 radical (unpaired) electrons. The van der Waals surface area contributed by atoms with Gasteiger partial charge >= 0.3 is 0 Å². The first-order chi connectivity index (χ1) is 8.16. The maximum absolute atomic E-state index is 11.9. The van der Waals surface area contributed by atoms with Crippen molar-refractivity contribution in [1.29, 1.82) is 0 Å². The highest BCUT2D eigenvalue weighted by atomic mass is 32.2. The fraction of sp³-hybridized carbons (Fsp3) is 0.500. The molecule has 0 aromatic carbocycles. The van der Waals surface area contributed by atoms with Crippen molar-refractivity contribution in [2.24, 2.45) is 0 Å². The van der Waals surface area contributed by atoms with Crippen LogP contribution in [0, 0.1) is 0 Å². The third kappa shape index (κ3) is 3.00. The second-order valence-electron chi connectivity index (χ2n) is 3.83. The minimum absolute atomic E-state index is 0.0616. The number of anilines is 1. The highest BCUT2D eigenvalue weighted by Gasteiger charge is 2.16. The Balaban J connectivity index is 1.84. The molecule has 0 saturated heterocycles. The van der Waals surface area contributed by atoms with Gasteiger partial charge in [-0.15, -0.1) is 5.10 Å². The summed E-state index contributed by atoms with van der Waals surface area (Å²) in [5.41, 5.74) is 6.51. The van der Waals surface area contributed by atoms with Crippen LogP contribution in [0.3, 0.4) is 0 Å². The maximum Gasteiger partial charge on any atom is 0.236 e. The molecular formula is C10H15N5OS. The number of carbonyl (C=O) groups excluding carboxylic acids is 1. The molecule has 0 unspecified atom stereocenters. The Morgan fingerprint density at radius 2 is 2.53 bits per heavy atom. The van der Waals surface area contributed by atoms with Gasteiger partial charge in [-0.25, -0.2) is 5.10 Å². The fourth-order valence-corrected chi connectivity index (χ4v) is 2.38. The van der Waals surface area contributed by atoms with Gasteiger partial charge in [-0.3, -0.25) is 4.79 Å². The van der Waals surface area contributed by atoms with Crippen molar-refractivity contribution >= 4 is 23.6 Å². The third-order valence-electron chi connectivity index (χ3n) is 2.63. The number of aromatic nitrogens is 3. The van der Waals surface area contributed by atoms with E-state index in [-0.39, 0.29) is 11.9 Å². The largest absolute Gasteiger partial charge is 0.368 e. The van der Waals surface area contributed by atoms with E-state index in [1.165, 1.54) is 11.8 Å². The van der Waals surface area contributed by atoms with Crippen LogP contribution in [0.4, 0.5) is 5.95 Å². The van der Waals surface area contributed by atoms with Crippen molar-refractivity contribution in [3.63, 3.8) is 0 Å². The van der Waals surface area contributed by atoms with E-state index >= 15 is 0 Å². The van der Waals surface area contributed by atoms with E-state index in [0.717, 1.165) is 25.0 Å². The van der Waals surface area contributed by atoms with E-state index in [2.05, 4.69) is 21.3 Å². The van der Waals surface area contributed by atoms with Gasteiger partial charge in [-0.1, -0.05) is 17.8 Å². The number of allylic oxidation sites excluding steroid dienone is 2. The van der Waals surface area contributed by atoms with Crippen LogP contribution in [-0.4, -0.2) is 38.8 Å². The van der Waals surface area contributed by atoms with E-state index < -0.39 is 0 Å². The monoisotopic (exact) mass is 253 g/mol. The number of amides is 1. The lowest BCUT2D eigenvalue weighted by molar-refractivity contribution is -0.125. The number of nitrogens with one attached hydrogen (secondary N) is 1. The van der Waals surface area contributed by atoms with Gasteiger partial charge in [0.15, 0.2) is 0 Å². The smallest absolute Gasteiger partial charge is 0.236 e. The molecule has 0 bridgehead atoms. The molecule has 2 rings (SSSR count). The molecule has 92 valence electrons. The number of carbonyl (C=O) groups is 1. The summed E-state index contributed by atoms with van der Waals surface area (Å²) in [4.78, 5) is 17.5. The molecule has 0 atom stereocenters. The molecule has 1 aromatic rings. The minimum Gasteiger partial charge on any atom is -0.368 e. The normalized spacial score (nSPS) is 14.8. The first-order valence-electron chi connectivity index (χ1n) is 5.43. The van der Waals surface area contributed by atoms with Crippen LogP contribution in [0.2, 0.25) is 0 Å². The van der Waals surface area contributed by atoms with Crippen LogP contribution in [0.1, 0.15) is 19.3 Å². The second kappa shape index (κ2) is 5.22. The van der Waals surface area contributed by atoms with Crippen LogP contribution in [0.15, 0.2) is 16.9 Å². The Bertz CT molecular complexity index is 442. The van der Waals surface area contributed by atoms with Crippen LogP contribution in [0.5, 0.6) is 0 Å². The zero-order valence-corrected chi connectivity index (χ0v) is 10.5. The van der Waals surface area contributed by atoms with E-state index in [1.807, 2.05) is 7.05 Å². The van der Waals surface area contributed by atoms with Crippen molar-refractivity contribution < 1.29 is 4.79 Å². The van der Waals surface area contributed by atoms with Gasteiger partial charge < -0.3 is 10.6 Å². The Hall–Kier alpha value is -1.50. The lowest BCUT2D eigenvalue weighted by Crippen LogP contribution is -2.27. The number of aromatic amines is 1. The number of H-pyrrole nitrogens is 1. The molecule has 1 amide bonds. The fourth-order valence-electron chi connectivity index (χ4n) is 1.66. The van der Waals surface area contributed by atoms with Crippen LogP contribution in [0.25, 0.3) is 0 Å². The summed E-state index contributed by atoms with van der Waals surface area (Å²) in [5.74, 6) is 0.656. The third-order valence-corrected chi connectivity index (χ3v) is 3.46. The summed E-state index contributed by atoms with van der Waals surface area (Å²) in [6.45, 7) is 0. The minimum atomic E-state index is 0.0616. The average Bonchev–Trinajstić information content (AvgIpc) is 2.95. The molecule has 0 aliphatic heterocycles. The van der Waals surface area contributed by atoms with Gasteiger partial charge in [0.2, 0.25) is 17.0 Å². The van der Waals surface area contributed by atoms with Gasteiger partial charge in [-0.2, -0.15) is 4.98 Å². The number of rotatable bonds is 4. The van der Waals surface area contributed by atoms with Crippen LogP contribution >= 0.6 is 11.8 Å². The van der Waals surface area contributed by atoms with E-state index in [0.29, 0.717) is 10.9 Å². The molecule has 1 aliphatic rings. The molecular weight excluding hydrogens is 238 g/mol. The molecule has 1 aliphatic carbocycles. The lowest BCUT2D eigenvalue weighted by atomic mass is 10.3. The second-order valence-corrected chi connectivity index (χ2v) is 4.77. The Labute approximate surface area is 104 Å². The molecule has 0 saturated carbocycles. The predicted octanol–water partition coefficient (Wildman–Crippen LogP) is 1.01. The maximum atomic E-state index is 11.9. The van der Waals surface area contributed by atoms with Crippen molar-refractivity contribution in [3.05, 3.63) is 11.8 Å². The van der Waals surface area contributed by atoms with Crippen molar-refractivity contribution in [2.75, 3.05) is 18.5 Å². The first kappa shape index (κ1) is 12.0. The van der Waals surface area contributed by atoms with Crippen molar-refractivity contribution in [3.8, 4) is 0 Å². The number of thioether (sulfide) groups is 1. The Morgan fingerprint density at radius 1 is 1.71 bits per heavy atom. The van der Waals surface area contributed by atoms with Gasteiger partial charge in [0.25, 0.3) is 0 Å². The molecule has 6 nitrogen and oxygen atoms in total. The van der Waals surface area contributed by atoms with E-state index in [9.17, 15) is 4.79 Å². The summed E-state index contributed by atoms with van der Waals surface area (Å²) in [5, 5.41) is 6.90. The zero-order chi connectivity index (χ0) is 12.3. The average molecular weight is 253 g/mol. The summed E-state index contributed by atoms with van der Waals surface area (Å²) in [7, 11) is 1.81. The van der Waals surface area contributed by atoms with E-state index in [4.69, 9.17) is 5.73 Å². The van der Waals surface area contributed by atoms with Crippen LogP contribution in [-0.2, 0) is 4.79 Å². The van der Waals surface area contributed by atoms with E-state index in [1.54, 1.807) is 4.90 Å². The first-order valence-corrected chi connectivity index (χ1v) is 6.41. The highest BCUT2D eigenvalue weighted by molar-refractivity contribution is 7.99. The Kier molecular flexibility index (Phi) is 3.68. The summed E-state index contributed by atoms with van der Waals surface area (Å²) in [6.07, 6.45) is 5.31. The van der Waals surface area contributed by atoms with Crippen LogP contribution < -0.4 is 5.73 Å². The predicted molar refractivity (Wildman–Crippen MR) is 66.2 cm³/mol. The number of nitrogens with zero attached hydrogens (tertiary/aromatic N) is 3. The van der Waals surface area contributed by atoms with Gasteiger partial charge in [0, 0.05) is 12.7 Å². The van der Waals surface area contributed by atoms with Crippen molar-refractivity contribution in [1.82, 2.24) is 20.1 Å². The SMILES string of the molecule is CN(C(=O)CSc1n[nH]c(N)n1)C1=CCCC1. The van der Waals surface area contributed by atoms with Gasteiger partial charge in [-0.05, 0) is 19.3 Å². The zero-order valence-electron chi connectivity index (χ0n) is 9.64. The number of hydrogen-bond acceptors (Lipinski definition) is 5. The number of nitrogens with two attached hydrogens (primary N) is 1. The standard InChI is InChI=1S/C10H15N5OS/c1-15(7-4-2-3-5-7)8(16)6-17-10-12-9(11)13-14-10/h4H,2-3,5-6H2,1H3,(H3,11,12,13,14). The van der Waals surface area contributed by atoms with Gasteiger partial charge in [0.1, 0.15) is 0 Å². The summed E-state index contributed by atoms with van der Waals surface area (Å²) < 4.78 is 0.